The van der Waals surface area contributed by atoms with Gasteiger partial charge in [0, 0.05) is 17.2 Å². The zero-order chi connectivity index (χ0) is 22.3. The SMILES string of the molecule is N#CC1(C#N)[C@H](c2ccc(F)cc2)[C@H](C(=O)c2ccccc2)N2c3ccccc3C=C[C@H]21. The van der Waals surface area contributed by atoms with Crippen LogP contribution >= 0.6 is 0 Å². The van der Waals surface area contributed by atoms with Crippen LogP contribution in [0.4, 0.5) is 10.1 Å². The molecule has 1 saturated heterocycles. The summed E-state index contributed by atoms with van der Waals surface area (Å²) in [5.41, 5.74) is 1.27. The highest BCUT2D eigenvalue weighted by molar-refractivity contribution is 6.04. The first-order valence-corrected chi connectivity index (χ1v) is 10.3. The minimum Gasteiger partial charge on any atom is -0.351 e. The second-order valence-corrected chi connectivity index (χ2v) is 8.07. The quantitative estimate of drug-likeness (QED) is 0.553. The number of fused-ring (bicyclic) bond motifs is 3. The van der Waals surface area contributed by atoms with Gasteiger partial charge < -0.3 is 4.90 Å². The van der Waals surface area contributed by atoms with Crippen LogP contribution in [0.3, 0.4) is 0 Å². The van der Waals surface area contributed by atoms with Crippen molar-refractivity contribution in [2.75, 3.05) is 4.90 Å². The average Bonchev–Trinajstić information content (AvgIpc) is 3.15. The number of anilines is 1. The summed E-state index contributed by atoms with van der Waals surface area (Å²) in [6.45, 7) is 0. The molecule has 2 heterocycles. The molecule has 5 rings (SSSR count). The van der Waals surface area contributed by atoms with E-state index < -0.39 is 29.2 Å². The molecule has 3 aromatic rings. The number of nitrogens with zero attached hydrogens (tertiary/aromatic N) is 3. The van der Waals surface area contributed by atoms with Crippen LogP contribution < -0.4 is 4.90 Å². The number of nitriles is 2. The van der Waals surface area contributed by atoms with Crippen LogP contribution in [0.5, 0.6) is 0 Å². The van der Waals surface area contributed by atoms with Crippen molar-refractivity contribution in [1.29, 1.82) is 10.5 Å². The molecule has 3 atom stereocenters. The Balaban J connectivity index is 1.79. The number of rotatable bonds is 3. The van der Waals surface area contributed by atoms with E-state index in [1.165, 1.54) is 12.1 Å². The number of ketones is 1. The summed E-state index contributed by atoms with van der Waals surface area (Å²) in [6.07, 6.45) is 3.74. The smallest absolute Gasteiger partial charge is 0.185 e. The summed E-state index contributed by atoms with van der Waals surface area (Å²) in [6, 6.07) is 25.4. The van der Waals surface area contributed by atoms with Crippen LogP contribution in [0.2, 0.25) is 0 Å². The number of hydrogen-bond acceptors (Lipinski definition) is 4. The molecule has 2 aliphatic rings. The van der Waals surface area contributed by atoms with E-state index in [4.69, 9.17) is 0 Å². The molecule has 0 saturated carbocycles. The molecule has 0 bridgehead atoms. The van der Waals surface area contributed by atoms with E-state index in [1.54, 1.807) is 36.4 Å². The molecule has 2 aliphatic heterocycles. The van der Waals surface area contributed by atoms with E-state index in [0.717, 1.165) is 11.3 Å². The fourth-order valence-electron chi connectivity index (χ4n) is 5.05. The van der Waals surface area contributed by atoms with Crippen LogP contribution in [0.25, 0.3) is 6.08 Å². The van der Waals surface area contributed by atoms with Gasteiger partial charge in [-0.1, -0.05) is 72.8 Å². The Labute approximate surface area is 185 Å². The Hall–Kier alpha value is -4.22. The largest absolute Gasteiger partial charge is 0.351 e. The van der Waals surface area contributed by atoms with Gasteiger partial charge in [-0.3, -0.25) is 4.79 Å². The minimum absolute atomic E-state index is 0.178. The first kappa shape index (κ1) is 19.7. The van der Waals surface area contributed by atoms with Crippen molar-refractivity contribution in [3.8, 4) is 12.1 Å². The third-order valence-electron chi connectivity index (χ3n) is 6.47. The van der Waals surface area contributed by atoms with E-state index in [2.05, 4.69) is 12.1 Å². The normalized spacial score (nSPS) is 22.3. The molecular weight excluding hydrogens is 401 g/mol. The highest BCUT2D eigenvalue weighted by Crippen LogP contribution is 2.55. The molecule has 5 heteroatoms. The molecule has 0 radical (unpaired) electrons. The van der Waals surface area contributed by atoms with Crippen LogP contribution in [-0.2, 0) is 0 Å². The lowest BCUT2D eigenvalue weighted by atomic mass is 9.69. The molecule has 0 spiro atoms. The van der Waals surface area contributed by atoms with Crippen molar-refractivity contribution in [2.45, 2.75) is 18.0 Å². The first-order valence-electron chi connectivity index (χ1n) is 10.3. The second kappa shape index (κ2) is 7.48. The number of hydrogen-bond donors (Lipinski definition) is 0. The summed E-state index contributed by atoms with van der Waals surface area (Å²) in [5, 5.41) is 20.7. The van der Waals surface area contributed by atoms with E-state index >= 15 is 0 Å². The minimum atomic E-state index is -1.53. The van der Waals surface area contributed by atoms with Gasteiger partial charge in [0.25, 0.3) is 0 Å². The van der Waals surface area contributed by atoms with Gasteiger partial charge in [0.2, 0.25) is 0 Å². The molecule has 0 aromatic heterocycles. The lowest BCUT2D eigenvalue weighted by molar-refractivity contribution is 0.0951. The number of para-hydroxylation sites is 1. The summed E-state index contributed by atoms with van der Waals surface area (Å²) >= 11 is 0. The highest BCUT2D eigenvalue weighted by Gasteiger charge is 2.63. The Morgan fingerprint density at radius 2 is 1.56 bits per heavy atom. The van der Waals surface area contributed by atoms with Gasteiger partial charge in [-0.05, 0) is 29.3 Å². The molecule has 1 fully saturated rings. The van der Waals surface area contributed by atoms with Crippen LogP contribution in [0.15, 0.2) is 84.9 Å². The van der Waals surface area contributed by atoms with Crippen LogP contribution in [0, 0.1) is 33.9 Å². The Morgan fingerprint density at radius 1 is 0.906 bits per heavy atom. The fourth-order valence-corrected chi connectivity index (χ4v) is 5.05. The molecule has 4 nitrogen and oxygen atoms in total. The third-order valence-corrected chi connectivity index (χ3v) is 6.47. The van der Waals surface area contributed by atoms with Crippen molar-refractivity contribution in [3.63, 3.8) is 0 Å². The van der Waals surface area contributed by atoms with Gasteiger partial charge in [-0.15, -0.1) is 0 Å². The molecule has 0 N–H and O–H groups in total. The fraction of sp³-hybridized carbons (Fsp3) is 0.148. The predicted octanol–water partition coefficient (Wildman–Crippen LogP) is 5.11. The standard InChI is InChI=1S/C27H18FN3O/c28-21-13-10-19(11-14-21)24-25(26(32)20-7-2-1-3-8-20)31-22-9-5-4-6-18(22)12-15-23(31)27(24,16-29)17-30/h1-15,23-25H/t23-,24+,25+/m0/s1. The topological polar surface area (TPSA) is 67.9 Å². The summed E-state index contributed by atoms with van der Waals surface area (Å²) in [4.78, 5) is 15.8. The van der Waals surface area contributed by atoms with Gasteiger partial charge >= 0.3 is 0 Å². The number of carbonyl (C=O) groups is 1. The zero-order valence-electron chi connectivity index (χ0n) is 17.0. The van der Waals surface area contributed by atoms with Gasteiger partial charge in [-0.2, -0.15) is 10.5 Å². The van der Waals surface area contributed by atoms with Gasteiger partial charge in [0.15, 0.2) is 11.2 Å². The maximum absolute atomic E-state index is 13.9. The molecule has 154 valence electrons. The molecule has 32 heavy (non-hydrogen) atoms. The van der Waals surface area contributed by atoms with Crippen LogP contribution in [0.1, 0.15) is 27.4 Å². The summed E-state index contributed by atoms with van der Waals surface area (Å²) in [5.74, 6) is -1.37. The van der Waals surface area contributed by atoms with Crippen molar-refractivity contribution in [3.05, 3.63) is 107 Å². The third kappa shape index (κ3) is 2.76. The zero-order valence-corrected chi connectivity index (χ0v) is 17.0. The van der Waals surface area contributed by atoms with Crippen molar-refractivity contribution in [1.82, 2.24) is 0 Å². The Bertz CT molecular complexity index is 1290. The van der Waals surface area contributed by atoms with Crippen molar-refractivity contribution >= 4 is 17.5 Å². The highest BCUT2D eigenvalue weighted by atomic mass is 19.1. The monoisotopic (exact) mass is 419 g/mol. The number of halogens is 1. The predicted molar refractivity (Wildman–Crippen MR) is 119 cm³/mol. The average molecular weight is 419 g/mol. The van der Waals surface area contributed by atoms with E-state index in [9.17, 15) is 19.7 Å². The Morgan fingerprint density at radius 3 is 2.25 bits per heavy atom. The second-order valence-electron chi connectivity index (χ2n) is 8.07. The molecular formula is C27H18FN3O. The molecule has 3 aromatic carbocycles. The number of Topliss-reactive ketones (excluding diaryl/α,β-unsaturated/α-hetero) is 1. The lowest BCUT2D eigenvalue weighted by Crippen LogP contribution is -2.44. The molecule has 0 aliphatic carbocycles. The van der Waals surface area contributed by atoms with Crippen molar-refractivity contribution < 1.29 is 9.18 Å². The van der Waals surface area contributed by atoms with E-state index in [1.807, 2.05) is 47.4 Å². The van der Waals surface area contributed by atoms with Gasteiger partial charge in [0.1, 0.15) is 11.9 Å². The number of carbonyl (C=O) groups excluding carboxylic acids is 1. The van der Waals surface area contributed by atoms with Gasteiger partial charge in [0.05, 0.1) is 18.2 Å². The molecule has 0 amide bonds. The van der Waals surface area contributed by atoms with E-state index in [-0.39, 0.29) is 5.78 Å². The summed E-state index contributed by atoms with van der Waals surface area (Å²) < 4.78 is 13.7. The van der Waals surface area contributed by atoms with Crippen LogP contribution in [-0.4, -0.2) is 17.9 Å². The Kier molecular flexibility index (Phi) is 4.61. The maximum atomic E-state index is 13.9. The summed E-state index contributed by atoms with van der Waals surface area (Å²) in [7, 11) is 0. The van der Waals surface area contributed by atoms with Gasteiger partial charge in [-0.25, -0.2) is 4.39 Å². The number of benzene rings is 3. The maximum Gasteiger partial charge on any atom is 0.185 e. The van der Waals surface area contributed by atoms with E-state index in [0.29, 0.717) is 11.1 Å². The van der Waals surface area contributed by atoms with Crippen molar-refractivity contribution in [2.24, 2.45) is 5.41 Å². The first-order chi connectivity index (χ1) is 15.6. The lowest BCUT2D eigenvalue weighted by Gasteiger charge is -2.35. The molecule has 0 unspecified atom stereocenters.